The quantitative estimate of drug-likeness (QED) is 0.732. The maximum atomic E-state index is 5.37. The van der Waals surface area contributed by atoms with Crippen LogP contribution in [-0.2, 0) is 0 Å². The third-order valence-corrected chi connectivity index (χ3v) is 1.80. The molecular weight excluding hydrogens is 166 g/mol. The zero-order valence-electron chi connectivity index (χ0n) is 7.16. The largest absolute Gasteiger partial charge is 0.492 e. The minimum Gasteiger partial charge on any atom is -0.492 e. The van der Waals surface area contributed by atoms with Crippen LogP contribution in [0.1, 0.15) is 0 Å². The molecule has 3 N–H and O–H groups in total. The molecule has 1 heterocycles. The lowest BCUT2D eigenvalue weighted by molar-refractivity contribution is 0.329. The van der Waals surface area contributed by atoms with Crippen molar-refractivity contribution in [2.24, 2.45) is 5.73 Å². The number of nitrogens with two attached hydrogens (primary N) is 1. The van der Waals surface area contributed by atoms with Crippen molar-refractivity contribution in [3.63, 3.8) is 0 Å². The summed E-state index contributed by atoms with van der Waals surface area (Å²) in [5.74, 6) is 0.833. The summed E-state index contributed by atoms with van der Waals surface area (Å²) < 4.78 is 5.37. The van der Waals surface area contributed by atoms with Crippen LogP contribution in [0.5, 0.6) is 5.75 Å². The molecule has 0 unspecified atom stereocenters. The molecule has 1 aromatic carbocycles. The predicted octanol–water partition coefficient (Wildman–Crippen LogP) is 0.900. The number of nitrogens with one attached hydrogen (secondary N) is 1. The fourth-order valence-electron chi connectivity index (χ4n) is 1.19. The van der Waals surface area contributed by atoms with Gasteiger partial charge in [-0.05, 0) is 18.2 Å². The minimum atomic E-state index is 0.531. The molecule has 68 valence electrons. The lowest BCUT2D eigenvalue weighted by Crippen LogP contribution is -2.10. The van der Waals surface area contributed by atoms with E-state index in [1.807, 2.05) is 18.2 Å². The van der Waals surface area contributed by atoms with Gasteiger partial charge in [-0.1, -0.05) is 0 Å². The first-order valence-corrected chi connectivity index (χ1v) is 4.16. The highest BCUT2D eigenvalue weighted by Gasteiger charge is 1.97. The third kappa shape index (κ3) is 1.62. The molecule has 4 nitrogen and oxygen atoms in total. The van der Waals surface area contributed by atoms with E-state index < -0.39 is 0 Å². The maximum Gasteiger partial charge on any atom is 0.120 e. The lowest BCUT2D eigenvalue weighted by atomic mass is 10.2. The van der Waals surface area contributed by atoms with Crippen LogP contribution in [0.25, 0.3) is 10.9 Å². The summed E-state index contributed by atoms with van der Waals surface area (Å²) in [6.07, 6.45) is 1.77. The standard InChI is InChI=1S/C9H11N3O/c10-3-4-13-8-1-2-9-7(5-8)6-11-12-9/h1-2,5-6H,3-4,10H2,(H,11,12). The topological polar surface area (TPSA) is 63.9 Å². The highest BCUT2D eigenvalue weighted by Crippen LogP contribution is 2.18. The van der Waals surface area contributed by atoms with E-state index in [1.54, 1.807) is 6.20 Å². The Morgan fingerprint density at radius 1 is 1.46 bits per heavy atom. The SMILES string of the molecule is NCCOc1ccc2[nH]ncc2c1. The van der Waals surface area contributed by atoms with Gasteiger partial charge in [0.25, 0.3) is 0 Å². The molecule has 0 aliphatic heterocycles. The first-order chi connectivity index (χ1) is 6.40. The fourth-order valence-corrected chi connectivity index (χ4v) is 1.19. The van der Waals surface area contributed by atoms with Gasteiger partial charge in [0.2, 0.25) is 0 Å². The van der Waals surface area contributed by atoms with Gasteiger partial charge in [0.1, 0.15) is 12.4 Å². The van der Waals surface area contributed by atoms with Crippen molar-refractivity contribution in [3.8, 4) is 5.75 Å². The number of aromatic amines is 1. The van der Waals surface area contributed by atoms with Gasteiger partial charge in [-0.3, -0.25) is 5.10 Å². The number of rotatable bonds is 3. The number of hydrogen-bond acceptors (Lipinski definition) is 3. The molecule has 0 saturated carbocycles. The predicted molar refractivity (Wildman–Crippen MR) is 50.6 cm³/mol. The average molecular weight is 177 g/mol. The van der Waals surface area contributed by atoms with Gasteiger partial charge in [-0.25, -0.2) is 0 Å². The van der Waals surface area contributed by atoms with E-state index in [9.17, 15) is 0 Å². The van der Waals surface area contributed by atoms with E-state index in [0.29, 0.717) is 13.2 Å². The Kier molecular flexibility index (Phi) is 2.14. The minimum absolute atomic E-state index is 0.531. The summed E-state index contributed by atoms with van der Waals surface area (Å²) in [5, 5.41) is 7.84. The zero-order chi connectivity index (χ0) is 9.10. The highest BCUT2D eigenvalue weighted by atomic mass is 16.5. The number of hydrogen-bond donors (Lipinski definition) is 2. The third-order valence-electron chi connectivity index (χ3n) is 1.80. The molecule has 0 saturated heterocycles. The molecule has 1 aromatic heterocycles. The Labute approximate surface area is 75.7 Å². The molecule has 2 aromatic rings. The normalized spacial score (nSPS) is 10.5. The molecular formula is C9H11N3O. The van der Waals surface area contributed by atoms with Crippen molar-refractivity contribution >= 4 is 10.9 Å². The Bertz CT molecular complexity index is 396. The van der Waals surface area contributed by atoms with Crippen molar-refractivity contribution in [2.45, 2.75) is 0 Å². The first-order valence-electron chi connectivity index (χ1n) is 4.16. The van der Waals surface area contributed by atoms with Crippen LogP contribution in [0, 0.1) is 0 Å². The van der Waals surface area contributed by atoms with Gasteiger partial charge in [-0.2, -0.15) is 5.10 Å². The van der Waals surface area contributed by atoms with E-state index in [4.69, 9.17) is 10.5 Å². The summed E-state index contributed by atoms with van der Waals surface area (Å²) in [4.78, 5) is 0. The Morgan fingerprint density at radius 3 is 3.23 bits per heavy atom. The second-order valence-electron chi connectivity index (χ2n) is 2.76. The number of fused-ring (bicyclic) bond motifs is 1. The highest BCUT2D eigenvalue weighted by molar-refractivity contribution is 5.79. The van der Waals surface area contributed by atoms with Gasteiger partial charge in [0.05, 0.1) is 11.7 Å². The Balaban J connectivity index is 2.26. The van der Waals surface area contributed by atoms with Crippen LogP contribution in [0.4, 0.5) is 0 Å². The fraction of sp³-hybridized carbons (Fsp3) is 0.222. The van der Waals surface area contributed by atoms with Crippen LogP contribution >= 0.6 is 0 Å². The second kappa shape index (κ2) is 3.45. The first kappa shape index (κ1) is 8.07. The van der Waals surface area contributed by atoms with E-state index in [-0.39, 0.29) is 0 Å². The number of H-pyrrole nitrogens is 1. The molecule has 0 radical (unpaired) electrons. The van der Waals surface area contributed by atoms with Crippen LogP contribution in [-0.4, -0.2) is 23.3 Å². The number of aromatic nitrogens is 2. The molecule has 0 atom stereocenters. The molecule has 13 heavy (non-hydrogen) atoms. The second-order valence-corrected chi connectivity index (χ2v) is 2.76. The van der Waals surface area contributed by atoms with Crippen molar-refractivity contribution in [1.82, 2.24) is 10.2 Å². The average Bonchev–Trinajstić information content (AvgIpc) is 2.61. The maximum absolute atomic E-state index is 5.37. The number of nitrogens with zero attached hydrogens (tertiary/aromatic N) is 1. The van der Waals surface area contributed by atoms with E-state index in [0.717, 1.165) is 16.7 Å². The van der Waals surface area contributed by atoms with Gasteiger partial charge in [0.15, 0.2) is 0 Å². The Morgan fingerprint density at radius 2 is 2.38 bits per heavy atom. The summed E-state index contributed by atoms with van der Waals surface area (Å²) in [6, 6.07) is 5.78. The summed E-state index contributed by atoms with van der Waals surface area (Å²) in [7, 11) is 0. The molecule has 0 aliphatic rings. The van der Waals surface area contributed by atoms with Crippen LogP contribution in [0.15, 0.2) is 24.4 Å². The lowest BCUT2D eigenvalue weighted by Gasteiger charge is -2.03. The molecule has 2 rings (SSSR count). The van der Waals surface area contributed by atoms with Crippen molar-refractivity contribution < 1.29 is 4.74 Å². The molecule has 0 aliphatic carbocycles. The van der Waals surface area contributed by atoms with E-state index in [2.05, 4.69) is 10.2 Å². The summed E-state index contributed by atoms with van der Waals surface area (Å²) >= 11 is 0. The molecule has 4 heteroatoms. The van der Waals surface area contributed by atoms with E-state index >= 15 is 0 Å². The summed E-state index contributed by atoms with van der Waals surface area (Å²) in [5.41, 5.74) is 6.34. The van der Waals surface area contributed by atoms with Crippen LogP contribution < -0.4 is 10.5 Å². The smallest absolute Gasteiger partial charge is 0.120 e. The van der Waals surface area contributed by atoms with Crippen molar-refractivity contribution in [2.75, 3.05) is 13.2 Å². The van der Waals surface area contributed by atoms with Gasteiger partial charge in [-0.15, -0.1) is 0 Å². The summed E-state index contributed by atoms with van der Waals surface area (Å²) in [6.45, 7) is 1.08. The molecule has 0 bridgehead atoms. The van der Waals surface area contributed by atoms with Gasteiger partial charge in [0, 0.05) is 11.9 Å². The molecule has 0 fully saturated rings. The number of ether oxygens (including phenoxy) is 1. The monoisotopic (exact) mass is 177 g/mol. The van der Waals surface area contributed by atoms with Crippen molar-refractivity contribution in [3.05, 3.63) is 24.4 Å². The van der Waals surface area contributed by atoms with Gasteiger partial charge < -0.3 is 10.5 Å². The van der Waals surface area contributed by atoms with E-state index in [1.165, 1.54) is 0 Å². The van der Waals surface area contributed by atoms with Crippen molar-refractivity contribution in [1.29, 1.82) is 0 Å². The zero-order valence-corrected chi connectivity index (χ0v) is 7.16. The van der Waals surface area contributed by atoms with Crippen LogP contribution in [0.3, 0.4) is 0 Å². The number of benzene rings is 1. The Hall–Kier alpha value is -1.55. The van der Waals surface area contributed by atoms with Gasteiger partial charge >= 0.3 is 0 Å². The van der Waals surface area contributed by atoms with Crippen LogP contribution in [0.2, 0.25) is 0 Å². The molecule has 0 amide bonds. The molecule has 0 spiro atoms.